The van der Waals surface area contributed by atoms with Crippen LogP contribution in [0.3, 0.4) is 0 Å². The van der Waals surface area contributed by atoms with E-state index in [-0.39, 0.29) is 12.5 Å². The molecule has 2 nitrogen and oxygen atoms in total. The highest BCUT2D eigenvalue weighted by Gasteiger charge is 2.22. The minimum Gasteiger partial charge on any atom is -0.396 e. The van der Waals surface area contributed by atoms with Crippen molar-refractivity contribution in [2.24, 2.45) is 0 Å². The molecule has 1 unspecified atom stereocenters. The third-order valence-corrected chi connectivity index (χ3v) is 3.84. The van der Waals surface area contributed by atoms with Crippen molar-refractivity contribution in [1.82, 2.24) is 5.32 Å². The van der Waals surface area contributed by atoms with Crippen LogP contribution in [0.4, 0.5) is 0 Å². The van der Waals surface area contributed by atoms with Gasteiger partial charge < -0.3 is 10.4 Å². The van der Waals surface area contributed by atoms with E-state index >= 15 is 0 Å². The minimum atomic E-state index is 0.191. The molecule has 1 atom stereocenters. The lowest BCUT2D eigenvalue weighted by Crippen LogP contribution is -2.24. The maximum atomic E-state index is 9.25. The summed E-state index contributed by atoms with van der Waals surface area (Å²) >= 11 is 7.41. The Morgan fingerprint density at radius 2 is 2.36 bits per heavy atom. The maximum Gasteiger partial charge on any atom is 0.0931 e. The fraction of sp³-hybridized carbons (Fsp3) is 0.600. The second-order valence-electron chi connectivity index (χ2n) is 3.70. The lowest BCUT2D eigenvalue weighted by molar-refractivity contribution is 0.263. The van der Waals surface area contributed by atoms with Crippen LogP contribution in [0.2, 0.25) is 4.34 Å². The van der Waals surface area contributed by atoms with Crippen LogP contribution in [0.5, 0.6) is 0 Å². The number of hydrogen-bond acceptors (Lipinski definition) is 3. The van der Waals surface area contributed by atoms with Crippen molar-refractivity contribution in [2.45, 2.75) is 24.8 Å². The largest absolute Gasteiger partial charge is 0.396 e. The van der Waals surface area contributed by atoms with Gasteiger partial charge in [0.2, 0.25) is 0 Å². The van der Waals surface area contributed by atoms with Crippen LogP contribution >= 0.6 is 22.9 Å². The molecule has 4 heteroatoms. The molecule has 1 heterocycles. The van der Waals surface area contributed by atoms with Gasteiger partial charge in [-0.15, -0.1) is 11.3 Å². The molecule has 0 aliphatic heterocycles. The molecule has 1 saturated carbocycles. The summed E-state index contributed by atoms with van der Waals surface area (Å²) < 4.78 is 0.796. The predicted octanol–water partition coefficient (Wildman–Crippen LogP) is 2.23. The van der Waals surface area contributed by atoms with Crippen molar-refractivity contribution >= 4 is 22.9 Å². The molecule has 1 aliphatic carbocycles. The molecular weight excluding hydrogens is 218 g/mol. The smallest absolute Gasteiger partial charge is 0.0931 e. The van der Waals surface area contributed by atoms with Crippen molar-refractivity contribution in [2.75, 3.05) is 13.2 Å². The molecule has 1 fully saturated rings. The van der Waals surface area contributed by atoms with Crippen molar-refractivity contribution in [1.29, 1.82) is 0 Å². The standard InChI is InChI=1S/C10H14ClNOS/c11-10-4-3-9(14-10)7(6-13)5-12-8-1-2-8/h3-4,7-8,12-13H,1-2,5-6H2. The fourth-order valence-electron chi connectivity index (χ4n) is 1.40. The van der Waals surface area contributed by atoms with Gasteiger partial charge in [0.15, 0.2) is 0 Å². The number of rotatable bonds is 5. The number of aliphatic hydroxyl groups excluding tert-OH is 1. The summed E-state index contributed by atoms with van der Waals surface area (Å²) in [6.45, 7) is 1.05. The zero-order chi connectivity index (χ0) is 9.97. The van der Waals surface area contributed by atoms with Crippen LogP contribution in [-0.2, 0) is 0 Å². The molecule has 1 aromatic heterocycles. The van der Waals surface area contributed by atoms with Gasteiger partial charge in [-0.25, -0.2) is 0 Å². The van der Waals surface area contributed by atoms with E-state index < -0.39 is 0 Å². The van der Waals surface area contributed by atoms with Gasteiger partial charge in [0.1, 0.15) is 0 Å². The van der Waals surface area contributed by atoms with Crippen LogP contribution in [0.25, 0.3) is 0 Å². The van der Waals surface area contributed by atoms with E-state index in [4.69, 9.17) is 11.6 Å². The SMILES string of the molecule is OCC(CNC1CC1)c1ccc(Cl)s1. The van der Waals surface area contributed by atoms with Gasteiger partial charge in [-0.1, -0.05) is 11.6 Å². The average molecular weight is 232 g/mol. The van der Waals surface area contributed by atoms with Crippen LogP contribution in [0, 0.1) is 0 Å². The molecule has 78 valence electrons. The Balaban J connectivity index is 1.90. The Morgan fingerprint density at radius 1 is 1.57 bits per heavy atom. The molecule has 2 rings (SSSR count). The summed E-state index contributed by atoms with van der Waals surface area (Å²) in [5, 5.41) is 12.7. The van der Waals surface area contributed by atoms with Gasteiger partial charge in [-0.05, 0) is 25.0 Å². The van der Waals surface area contributed by atoms with Crippen LogP contribution in [-0.4, -0.2) is 24.3 Å². The molecule has 0 aromatic carbocycles. The highest BCUT2D eigenvalue weighted by molar-refractivity contribution is 7.16. The third-order valence-electron chi connectivity index (χ3n) is 2.45. The molecular formula is C10H14ClNOS. The Bertz CT molecular complexity index is 298. The molecule has 2 N–H and O–H groups in total. The van der Waals surface area contributed by atoms with E-state index in [2.05, 4.69) is 5.32 Å². The second kappa shape index (κ2) is 4.62. The van der Waals surface area contributed by atoms with Gasteiger partial charge in [0, 0.05) is 23.4 Å². The van der Waals surface area contributed by atoms with Crippen molar-refractivity contribution in [3.05, 3.63) is 21.3 Å². The monoisotopic (exact) mass is 231 g/mol. The van der Waals surface area contributed by atoms with E-state index in [1.807, 2.05) is 12.1 Å². The zero-order valence-electron chi connectivity index (χ0n) is 7.87. The average Bonchev–Trinajstić information content (AvgIpc) is 2.90. The van der Waals surface area contributed by atoms with Crippen molar-refractivity contribution in [3.63, 3.8) is 0 Å². The first-order chi connectivity index (χ1) is 6.79. The number of aliphatic hydroxyl groups is 1. The van der Waals surface area contributed by atoms with E-state index in [0.29, 0.717) is 6.04 Å². The zero-order valence-corrected chi connectivity index (χ0v) is 9.44. The molecule has 1 aliphatic rings. The lowest BCUT2D eigenvalue weighted by atomic mass is 10.1. The third kappa shape index (κ3) is 2.70. The molecule has 14 heavy (non-hydrogen) atoms. The van der Waals surface area contributed by atoms with E-state index in [1.165, 1.54) is 17.7 Å². The Hall–Kier alpha value is -0.0900. The highest BCUT2D eigenvalue weighted by atomic mass is 35.5. The van der Waals surface area contributed by atoms with Crippen molar-refractivity contribution < 1.29 is 5.11 Å². The Morgan fingerprint density at radius 3 is 2.86 bits per heavy atom. The summed E-state index contributed by atoms with van der Waals surface area (Å²) in [4.78, 5) is 1.17. The number of halogens is 1. The minimum absolute atomic E-state index is 0.191. The first-order valence-electron chi connectivity index (χ1n) is 4.89. The normalized spacial score (nSPS) is 18.4. The van der Waals surface area contributed by atoms with E-state index in [1.54, 1.807) is 11.3 Å². The second-order valence-corrected chi connectivity index (χ2v) is 5.45. The number of thiophene rings is 1. The number of hydrogen-bond donors (Lipinski definition) is 2. The Labute approximate surface area is 92.9 Å². The van der Waals surface area contributed by atoms with Gasteiger partial charge in [0.25, 0.3) is 0 Å². The molecule has 0 amide bonds. The summed E-state index contributed by atoms with van der Waals surface area (Å²) in [7, 11) is 0. The summed E-state index contributed by atoms with van der Waals surface area (Å²) in [5.74, 6) is 0.202. The first-order valence-corrected chi connectivity index (χ1v) is 6.08. The summed E-state index contributed by atoms with van der Waals surface area (Å²) in [6.07, 6.45) is 2.56. The van der Waals surface area contributed by atoms with Crippen LogP contribution in [0.15, 0.2) is 12.1 Å². The van der Waals surface area contributed by atoms with E-state index in [0.717, 1.165) is 10.9 Å². The van der Waals surface area contributed by atoms with Crippen molar-refractivity contribution in [3.8, 4) is 0 Å². The molecule has 0 bridgehead atoms. The van der Waals surface area contributed by atoms with Gasteiger partial charge in [-0.3, -0.25) is 0 Å². The quantitative estimate of drug-likeness (QED) is 0.815. The molecule has 0 radical (unpaired) electrons. The summed E-state index contributed by atoms with van der Waals surface area (Å²) in [6, 6.07) is 4.59. The van der Waals surface area contributed by atoms with Gasteiger partial charge in [-0.2, -0.15) is 0 Å². The molecule has 1 aromatic rings. The van der Waals surface area contributed by atoms with Crippen LogP contribution < -0.4 is 5.32 Å². The van der Waals surface area contributed by atoms with E-state index in [9.17, 15) is 5.11 Å². The number of nitrogens with one attached hydrogen (secondary N) is 1. The highest BCUT2D eigenvalue weighted by Crippen LogP contribution is 2.28. The fourth-order valence-corrected chi connectivity index (χ4v) is 2.55. The summed E-state index contributed by atoms with van der Waals surface area (Å²) in [5.41, 5.74) is 0. The molecule has 0 saturated heterocycles. The molecule has 0 spiro atoms. The topological polar surface area (TPSA) is 32.3 Å². The Kier molecular flexibility index (Phi) is 3.44. The van der Waals surface area contributed by atoms with Crippen LogP contribution in [0.1, 0.15) is 23.6 Å². The predicted molar refractivity (Wildman–Crippen MR) is 60.2 cm³/mol. The lowest BCUT2D eigenvalue weighted by Gasteiger charge is -2.12. The van der Waals surface area contributed by atoms with Gasteiger partial charge >= 0.3 is 0 Å². The maximum absolute atomic E-state index is 9.25. The van der Waals surface area contributed by atoms with Gasteiger partial charge in [0.05, 0.1) is 10.9 Å². The first kappa shape index (κ1) is 10.4.